The fraction of sp³-hybridized carbons (Fsp3) is 0.240. The van der Waals surface area contributed by atoms with Gasteiger partial charge in [0, 0.05) is 29.9 Å². The van der Waals surface area contributed by atoms with Crippen molar-refractivity contribution < 1.29 is 18.0 Å². The smallest absolute Gasteiger partial charge is 0.352 e. The largest absolute Gasteiger partial charge is 0.416 e. The monoisotopic (exact) mass is 496 g/mol. The van der Waals surface area contributed by atoms with Crippen LogP contribution in [0, 0.1) is 6.92 Å². The Morgan fingerprint density at radius 2 is 1.83 bits per heavy atom. The van der Waals surface area contributed by atoms with Crippen molar-refractivity contribution in [3.8, 4) is 11.3 Å². The molecule has 0 aliphatic heterocycles. The van der Waals surface area contributed by atoms with Crippen LogP contribution >= 0.6 is 0 Å². The van der Waals surface area contributed by atoms with Crippen molar-refractivity contribution in [1.29, 1.82) is 0 Å². The number of carbonyl (C=O) groups is 1. The number of rotatable bonds is 5. The molecule has 0 saturated heterocycles. The first-order valence-electron chi connectivity index (χ1n) is 11.0. The van der Waals surface area contributed by atoms with Gasteiger partial charge in [-0.05, 0) is 56.7 Å². The Balaban J connectivity index is 1.70. The van der Waals surface area contributed by atoms with Crippen LogP contribution in [0.1, 0.15) is 35.3 Å². The maximum atomic E-state index is 13.2. The minimum Gasteiger partial charge on any atom is -0.352 e. The number of hydrogen-bond donors (Lipinski definition) is 2. The standard InChI is InChI=1S/C25H23F3N6O2/c1-13(2)30-24-29-12-19-21(33-24)34(4)23(36)20(32-19)18-11-17(9-8-14(18)3)31-22(35)15-6-5-7-16(10-15)25(26,27)28/h5-13H,1-4H3,(H,31,35)(H,29,30,33). The van der Waals surface area contributed by atoms with E-state index in [1.54, 1.807) is 32.2 Å². The Kier molecular flexibility index (Phi) is 6.49. The molecule has 0 saturated carbocycles. The second-order valence-corrected chi connectivity index (χ2v) is 8.59. The predicted octanol–water partition coefficient (Wildman–Crippen LogP) is 4.79. The summed E-state index contributed by atoms with van der Waals surface area (Å²) in [5.74, 6) is -0.341. The molecular weight excluding hydrogens is 473 g/mol. The quantitative estimate of drug-likeness (QED) is 0.412. The third kappa shape index (κ3) is 5.04. The predicted molar refractivity (Wildman–Crippen MR) is 131 cm³/mol. The van der Waals surface area contributed by atoms with Crippen LogP contribution in [0.4, 0.5) is 24.8 Å². The van der Waals surface area contributed by atoms with Crippen molar-refractivity contribution in [2.24, 2.45) is 7.05 Å². The van der Waals surface area contributed by atoms with Gasteiger partial charge in [0.05, 0.1) is 11.8 Å². The number of carbonyl (C=O) groups excluding carboxylic acids is 1. The number of benzene rings is 2. The van der Waals surface area contributed by atoms with E-state index in [2.05, 4.69) is 25.6 Å². The van der Waals surface area contributed by atoms with Crippen molar-refractivity contribution in [3.63, 3.8) is 0 Å². The van der Waals surface area contributed by atoms with E-state index >= 15 is 0 Å². The lowest BCUT2D eigenvalue weighted by atomic mass is 10.0. The van der Waals surface area contributed by atoms with Gasteiger partial charge < -0.3 is 10.6 Å². The Bertz CT molecular complexity index is 1530. The number of aryl methyl sites for hydroxylation is 2. The van der Waals surface area contributed by atoms with E-state index in [-0.39, 0.29) is 17.3 Å². The first-order chi connectivity index (χ1) is 16.9. The van der Waals surface area contributed by atoms with Crippen molar-refractivity contribution in [3.05, 3.63) is 75.7 Å². The highest BCUT2D eigenvalue weighted by Gasteiger charge is 2.31. The maximum Gasteiger partial charge on any atom is 0.416 e. The lowest BCUT2D eigenvalue weighted by Crippen LogP contribution is -2.23. The van der Waals surface area contributed by atoms with E-state index in [0.717, 1.165) is 17.7 Å². The molecule has 0 aliphatic rings. The number of alkyl halides is 3. The second-order valence-electron chi connectivity index (χ2n) is 8.59. The van der Waals surface area contributed by atoms with Crippen LogP contribution in [-0.2, 0) is 13.2 Å². The number of fused-ring (bicyclic) bond motifs is 1. The molecule has 4 rings (SSSR count). The van der Waals surface area contributed by atoms with Gasteiger partial charge in [-0.2, -0.15) is 18.2 Å². The van der Waals surface area contributed by atoms with Crippen LogP contribution < -0.4 is 16.2 Å². The SMILES string of the molecule is Cc1ccc(NC(=O)c2cccc(C(F)(F)F)c2)cc1-c1nc2cnc(NC(C)C)nc2n(C)c1=O. The number of nitrogens with zero attached hydrogens (tertiary/aromatic N) is 4. The van der Waals surface area contributed by atoms with E-state index in [1.807, 2.05) is 13.8 Å². The van der Waals surface area contributed by atoms with Gasteiger partial charge in [0.25, 0.3) is 11.5 Å². The highest BCUT2D eigenvalue weighted by atomic mass is 19.4. The van der Waals surface area contributed by atoms with Crippen molar-refractivity contribution in [2.75, 3.05) is 10.6 Å². The molecule has 186 valence electrons. The molecule has 2 N–H and O–H groups in total. The fourth-order valence-corrected chi connectivity index (χ4v) is 3.61. The number of aromatic nitrogens is 4. The Hall–Kier alpha value is -4.28. The molecule has 2 aromatic carbocycles. The van der Waals surface area contributed by atoms with Crippen LogP contribution in [0.5, 0.6) is 0 Å². The highest BCUT2D eigenvalue weighted by molar-refractivity contribution is 6.04. The fourth-order valence-electron chi connectivity index (χ4n) is 3.61. The van der Waals surface area contributed by atoms with Gasteiger partial charge in [-0.1, -0.05) is 12.1 Å². The molecule has 0 spiro atoms. The average molecular weight is 496 g/mol. The first kappa shape index (κ1) is 24.8. The van der Waals surface area contributed by atoms with Crippen LogP contribution in [0.15, 0.2) is 53.5 Å². The molecule has 0 radical (unpaired) electrons. The number of amides is 1. The number of halogens is 3. The molecule has 0 atom stereocenters. The minimum absolute atomic E-state index is 0.100. The lowest BCUT2D eigenvalue weighted by molar-refractivity contribution is -0.137. The number of hydrogen-bond acceptors (Lipinski definition) is 6. The molecule has 8 nitrogen and oxygen atoms in total. The molecule has 1 amide bonds. The minimum atomic E-state index is -4.57. The van der Waals surface area contributed by atoms with Crippen molar-refractivity contribution in [1.82, 2.24) is 19.5 Å². The summed E-state index contributed by atoms with van der Waals surface area (Å²) in [6.45, 7) is 5.66. The normalized spacial score (nSPS) is 11.7. The zero-order chi connectivity index (χ0) is 26.2. The van der Waals surface area contributed by atoms with Crippen molar-refractivity contribution >= 4 is 28.7 Å². The third-order valence-corrected chi connectivity index (χ3v) is 5.43. The molecule has 11 heteroatoms. The lowest BCUT2D eigenvalue weighted by Gasteiger charge is -2.13. The van der Waals surface area contributed by atoms with Gasteiger partial charge in [-0.3, -0.25) is 14.2 Å². The summed E-state index contributed by atoms with van der Waals surface area (Å²) in [6, 6.07) is 9.10. The summed E-state index contributed by atoms with van der Waals surface area (Å²) in [7, 11) is 1.58. The molecular formula is C25H23F3N6O2. The van der Waals surface area contributed by atoms with E-state index in [9.17, 15) is 22.8 Å². The van der Waals surface area contributed by atoms with Crippen LogP contribution in [0.3, 0.4) is 0 Å². The second kappa shape index (κ2) is 9.40. The molecule has 0 bridgehead atoms. The molecule has 4 aromatic rings. The van der Waals surface area contributed by atoms with E-state index in [0.29, 0.717) is 28.4 Å². The molecule has 0 aliphatic carbocycles. The summed E-state index contributed by atoms with van der Waals surface area (Å²) in [5, 5.41) is 5.68. The van der Waals surface area contributed by atoms with Crippen LogP contribution in [0.2, 0.25) is 0 Å². The Morgan fingerprint density at radius 3 is 2.53 bits per heavy atom. The van der Waals surface area contributed by atoms with Gasteiger partial charge in [0.2, 0.25) is 5.95 Å². The van der Waals surface area contributed by atoms with Crippen molar-refractivity contribution in [2.45, 2.75) is 33.0 Å². The summed E-state index contributed by atoms with van der Waals surface area (Å²) < 4.78 is 40.4. The van der Waals surface area contributed by atoms with Gasteiger partial charge in [0.15, 0.2) is 5.65 Å². The average Bonchev–Trinajstić information content (AvgIpc) is 2.82. The highest BCUT2D eigenvalue weighted by Crippen LogP contribution is 2.30. The van der Waals surface area contributed by atoms with Crippen LogP contribution in [-0.4, -0.2) is 31.5 Å². The van der Waals surface area contributed by atoms with Gasteiger partial charge in [-0.15, -0.1) is 0 Å². The Labute approximate surface area is 204 Å². The molecule has 36 heavy (non-hydrogen) atoms. The van der Waals surface area contributed by atoms with Gasteiger partial charge in [0.1, 0.15) is 11.2 Å². The maximum absolute atomic E-state index is 13.2. The zero-order valence-electron chi connectivity index (χ0n) is 19.9. The van der Waals surface area contributed by atoms with Gasteiger partial charge >= 0.3 is 6.18 Å². The summed E-state index contributed by atoms with van der Waals surface area (Å²) in [4.78, 5) is 39.0. The first-order valence-corrected chi connectivity index (χ1v) is 11.0. The summed E-state index contributed by atoms with van der Waals surface area (Å²) in [5.41, 5.74) is 0.903. The van der Waals surface area contributed by atoms with Gasteiger partial charge in [-0.25, -0.2) is 9.97 Å². The molecule has 2 aromatic heterocycles. The Morgan fingerprint density at radius 1 is 1.08 bits per heavy atom. The molecule has 0 unspecified atom stereocenters. The summed E-state index contributed by atoms with van der Waals surface area (Å²) in [6.07, 6.45) is -3.05. The number of anilines is 2. The van der Waals surface area contributed by atoms with E-state index in [4.69, 9.17) is 0 Å². The topological polar surface area (TPSA) is 102 Å². The zero-order valence-corrected chi connectivity index (χ0v) is 19.9. The van der Waals surface area contributed by atoms with E-state index < -0.39 is 23.2 Å². The molecule has 0 fully saturated rings. The summed E-state index contributed by atoms with van der Waals surface area (Å²) >= 11 is 0. The van der Waals surface area contributed by atoms with E-state index in [1.165, 1.54) is 22.9 Å². The third-order valence-electron chi connectivity index (χ3n) is 5.43. The van der Waals surface area contributed by atoms with Crippen LogP contribution in [0.25, 0.3) is 22.4 Å². The molecule has 2 heterocycles. The number of nitrogens with one attached hydrogen (secondary N) is 2.